The van der Waals surface area contributed by atoms with E-state index >= 15 is 0 Å². The zero-order chi connectivity index (χ0) is 17.4. The Hall–Kier alpha value is -3.35. The Bertz CT molecular complexity index is 731. The predicted molar refractivity (Wildman–Crippen MR) is 87.6 cm³/mol. The van der Waals surface area contributed by atoms with Crippen LogP contribution < -0.4 is 20.1 Å². The van der Waals surface area contributed by atoms with Crippen LogP contribution in [0.15, 0.2) is 42.5 Å². The lowest BCUT2D eigenvalue weighted by atomic mass is 10.1. The SMILES string of the molecule is COc1cc(NC=O)c(Oc2ccccc2)cc1C(=O)CNC=O. The van der Waals surface area contributed by atoms with Crippen LogP contribution in [0, 0.1) is 0 Å². The number of ketones is 1. The first-order valence-corrected chi connectivity index (χ1v) is 7.05. The van der Waals surface area contributed by atoms with E-state index in [9.17, 15) is 14.4 Å². The number of anilines is 1. The summed E-state index contributed by atoms with van der Waals surface area (Å²) in [6.07, 6.45) is 0.941. The van der Waals surface area contributed by atoms with Crippen LogP contribution in [0.2, 0.25) is 0 Å². The minimum absolute atomic E-state index is 0.176. The third-order valence-corrected chi connectivity index (χ3v) is 3.13. The van der Waals surface area contributed by atoms with Gasteiger partial charge in [-0.2, -0.15) is 0 Å². The van der Waals surface area contributed by atoms with Gasteiger partial charge in [0.25, 0.3) is 0 Å². The Morgan fingerprint density at radius 1 is 1.08 bits per heavy atom. The highest BCUT2D eigenvalue weighted by molar-refractivity contribution is 6.02. The zero-order valence-electron chi connectivity index (χ0n) is 12.9. The molecule has 7 nitrogen and oxygen atoms in total. The molecule has 2 rings (SSSR count). The highest BCUT2D eigenvalue weighted by Gasteiger charge is 2.17. The predicted octanol–water partition coefficient (Wildman–Crippen LogP) is 1.98. The summed E-state index contributed by atoms with van der Waals surface area (Å²) < 4.78 is 10.9. The van der Waals surface area contributed by atoms with Crippen LogP contribution >= 0.6 is 0 Å². The molecule has 0 unspecified atom stereocenters. The Balaban J connectivity index is 2.43. The van der Waals surface area contributed by atoms with Crippen LogP contribution in [-0.2, 0) is 9.59 Å². The molecule has 0 fully saturated rings. The maximum absolute atomic E-state index is 12.2. The standard InChI is InChI=1S/C17H16N2O5/c1-23-16-8-14(19-11-21)17(24-12-5-3-2-4-6-12)7-13(16)15(22)9-18-10-20/h2-8,10-11H,9H2,1H3,(H,18,20)(H,19,21). The largest absolute Gasteiger partial charge is 0.496 e. The summed E-state index contributed by atoms with van der Waals surface area (Å²) in [4.78, 5) is 33.4. The minimum atomic E-state index is -0.352. The van der Waals surface area contributed by atoms with Crippen molar-refractivity contribution >= 4 is 24.3 Å². The summed E-state index contributed by atoms with van der Waals surface area (Å²) in [5.41, 5.74) is 0.583. The van der Waals surface area contributed by atoms with Crippen molar-refractivity contribution in [2.45, 2.75) is 0 Å². The topological polar surface area (TPSA) is 93.7 Å². The fourth-order valence-corrected chi connectivity index (χ4v) is 2.05. The molecule has 0 aliphatic rings. The van der Waals surface area contributed by atoms with Crippen LogP contribution in [-0.4, -0.2) is 32.3 Å². The smallest absolute Gasteiger partial charge is 0.211 e. The summed E-state index contributed by atoms with van der Waals surface area (Å²) in [5, 5.41) is 4.82. The van der Waals surface area contributed by atoms with E-state index < -0.39 is 0 Å². The number of hydrogen-bond donors (Lipinski definition) is 2. The second-order valence-corrected chi connectivity index (χ2v) is 4.65. The van der Waals surface area contributed by atoms with Gasteiger partial charge < -0.3 is 20.1 Å². The number of amides is 2. The molecular weight excluding hydrogens is 312 g/mol. The molecule has 0 saturated carbocycles. The molecule has 7 heteroatoms. The van der Waals surface area contributed by atoms with Gasteiger partial charge in [0.1, 0.15) is 11.5 Å². The van der Waals surface area contributed by atoms with Crippen molar-refractivity contribution in [3.8, 4) is 17.2 Å². The van der Waals surface area contributed by atoms with Gasteiger partial charge in [-0.05, 0) is 18.2 Å². The van der Waals surface area contributed by atoms with Crippen molar-refractivity contribution in [2.24, 2.45) is 0 Å². The van der Waals surface area contributed by atoms with Gasteiger partial charge in [0.15, 0.2) is 11.5 Å². The summed E-state index contributed by atoms with van der Waals surface area (Å²) in [5.74, 6) is 0.733. The van der Waals surface area contributed by atoms with E-state index in [-0.39, 0.29) is 29.4 Å². The first-order chi connectivity index (χ1) is 11.7. The van der Waals surface area contributed by atoms with Crippen molar-refractivity contribution < 1.29 is 23.9 Å². The van der Waals surface area contributed by atoms with Gasteiger partial charge in [-0.3, -0.25) is 14.4 Å². The Morgan fingerprint density at radius 2 is 1.83 bits per heavy atom. The second kappa shape index (κ2) is 8.33. The zero-order valence-corrected chi connectivity index (χ0v) is 12.9. The summed E-state index contributed by atoms with van der Waals surface area (Å²) in [7, 11) is 1.40. The normalized spacial score (nSPS) is 9.71. The van der Waals surface area contributed by atoms with Crippen molar-refractivity contribution in [1.82, 2.24) is 5.32 Å². The second-order valence-electron chi connectivity index (χ2n) is 4.65. The van der Waals surface area contributed by atoms with Gasteiger partial charge in [0, 0.05) is 6.07 Å². The lowest BCUT2D eigenvalue weighted by Crippen LogP contribution is -2.21. The van der Waals surface area contributed by atoms with Crippen LogP contribution in [0.3, 0.4) is 0 Å². The maximum Gasteiger partial charge on any atom is 0.211 e. The first kappa shape index (κ1) is 17.0. The highest BCUT2D eigenvalue weighted by atomic mass is 16.5. The number of benzene rings is 2. The Labute approximate surface area is 138 Å². The average molecular weight is 328 g/mol. The van der Waals surface area contributed by atoms with Gasteiger partial charge in [0.05, 0.1) is 24.9 Å². The summed E-state index contributed by atoms with van der Waals surface area (Å²) in [6, 6.07) is 11.9. The van der Waals surface area contributed by atoms with Gasteiger partial charge in [0.2, 0.25) is 12.8 Å². The first-order valence-electron chi connectivity index (χ1n) is 7.05. The molecule has 0 spiro atoms. The number of carbonyl (C=O) groups excluding carboxylic acids is 3. The van der Waals surface area contributed by atoms with Crippen LogP contribution in [0.1, 0.15) is 10.4 Å². The van der Waals surface area contributed by atoms with E-state index in [1.54, 1.807) is 24.3 Å². The molecule has 124 valence electrons. The molecule has 0 radical (unpaired) electrons. The number of hydrogen-bond acceptors (Lipinski definition) is 5. The number of Topliss-reactive ketones (excluding diaryl/α,β-unsaturated/α-hetero) is 1. The maximum atomic E-state index is 12.2. The van der Waals surface area contributed by atoms with Crippen molar-refractivity contribution in [3.63, 3.8) is 0 Å². The van der Waals surface area contributed by atoms with E-state index in [2.05, 4.69) is 10.6 Å². The Morgan fingerprint density at radius 3 is 2.46 bits per heavy atom. The number of methoxy groups -OCH3 is 1. The molecule has 0 saturated heterocycles. The molecule has 0 aromatic heterocycles. The number of para-hydroxylation sites is 1. The van der Waals surface area contributed by atoms with Gasteiger partial charge in [-0.1, -0.05) is 18.2 Å². The van der Waals surface area contributed by atoms with E-state index in [1.807, 2.05) is 6.07 Å². The van der Waals surface area contributed by atoms with Crippen molar-refractivity contribution in [2.75, 3.05) is 19.0 Å². The molecule has 0 aliphatic heterocycles. The molecule has 2 N–H and O–H groups in total. The summed E-state index contributed by atoms with van der Waals surface area (Å²) >= 11 is 0. The van der Waals surface area contributed by atoms with Crippen LogP contribution in [0.25, 0.3) is 0 Å². The molecule has 0 heterocycles. The van der Waals surface area contributed by atoms with Crippen molar-refractivity contribution in [1.29, 1.82) is 0 Å². The highest BCUT2D eigenvalue weighted by Crippen LogP contribution is 2.35. The van der Waals surface area contributed by atoms with E-state index in [4.69, 9.17) is 9.47 Å². The molecular formula is C17H16N2O5. The fraction of sp³-hybridized carbons (Fsp3) is 0.118. The minimum Gasteiger partial charge on any atom is -0.496 e. The Kier molecular flexibility index (Phi) is 5.90. The van der Waals surface area contributed by atoms with Crippen molar-refractivity contribution in [3.05, 3.63) is 48.0 Å². The average Bonchev–Trinajstić information content (AvgIpc) is 2.61. The molecule has 0 atom stereocenters. The number of nitrogens with one attached hydrogen (secondary N) is 2. The third kappa shape index (κ3) is 4.10. The summed E-state index contributed by atoms with van der Waals surface area (Å²) in [6.45, 7) is -0.176. The monoisotopic (exact) mass is 328 g/mol. The van der Waals surface area contributed by atoms with Crippen LogP contribution in [0.4, 0.5) is 5.69 Å². The molecule has 2 aromatic rings. The lowest BCUT2D eigenvalue weighted by molar-refractivity contribution is -0.109. The van der Waals surface area contributed by atoms with E-state index in [0.717, 1.165) is 0 Å². The molecule has 24 heavy (non-hydrogen) atoms. The van der Waals surface area contributed by atoms with Gasteiger partial charge in [-0.15, -0.1) is 0 Å². The number of ether oxygens (including phenoxy) is 2. The molecule has 2 amide bonds. The van der Waals surface area contributed by atoms with Crippen LogP contribution in [0.5, 0.6) is 17.2 Å². The lowest BCUT2D eigenvalue weighted by Gasteiger charge is -2.15. The van der Waals surface area contributed by atoms with E-state index in [0.29, 0.717) is 24.3 Å². The van der Waals surface area contributed by atoms with Gasteiger partial charge in [-0.25, -0.2) is 0 Å². The number of carbonyl (C=O) groups is 3. The number of rotatable bonds is 9. The molecule has 0 bridgehead atoms. The van der Waals surface area contributed by atoms with E-state index in [1.165, 1.54) is 19.2 Å². The quantitative estimate of drug-likeness (QED) is 0.542. The molecule has 0 aliphatic carbocycles. The van der Waals surface area contributed by atoms with Gasteiger partial charge >= 0.3 is 0 Å². The molecule has 2 aromatic carbocycles. The third-order valence-electron chi connectivity index (χ3n) is 3.13. The fourth-order valence-electron chi connectivity index (χ4n) is 2.05.